The van der Waals surface area contributed by atoms with Gasteiger partial charge in [0, 0.05) is 5.02 Å². The molecule has 5 rings (SSSR count). The fourth-order valence-electron chi connectivity index (χ4n) is 5.09. The van der Waals surface area contributed by atoms with Crippen LogP contribution in [-0.4, -0.2) is 53.0 Å². The zero-order valence-electron chi connectivity index (χ0n) is 21.5. The van der Waals surface area contributed by atoms with E-state index < -0.39 is 6.23 Å². The van der Waals surface area contributed by atoms with E-state index in [0.717, 1.165) is 31.8 Å². The van der Waals surface area contributed by atoms with Gasteiger partial charge in [0.1, 0.15) is 24.4 Å². The van der Waals surface area contributed by atoms with Crippen molar-refractivity contribution in [2.75, 3.05) is 13.1 Å². The molecule has 1 aliphatic rings. The van der Waals surface area contributed by atoms with Gasteiger partial charge in [-0.05, 0) is 71.6 Å². The lowest BCUT2D eigenvalue weighted by atomic mass is 9.85. The monoisotopic (exact) mass is 520 g/mol. The van der Waals surface area contributed by atoms with Crippen LogP contribution in [0.15, 0.2) is 67.3 Å². The summed E-state index contributed by atoms with van der Waals surface area (Å²) in [6.45, 7) is 8.49. The van der Waals surface area contributed by atoms with Crippen LogP contribution in [0.4, 0.5) is 0 Å². The first-order chi connectivity index (χ1) is 17.9. The Hall–Kier alpha value is -3.30. The number of nitrogens with zero attached hydrogens (tertiary/aromatic N) is 8. The standard InChI is InChI=1S/C27H33ClN8O/c1-27(2,3)24(26(35-19-29-18-30-35)37-22-14-12-21(28)13-15-22)36-25(31-32-33-36)23(20-10-6-4-7-11-20)34-16-8-5-9-17-34/h4,6-7,10-15,18-19,23-24,26H,5,8-9,16-17H2,1-3H3/t23-,24+,26+/m1/s1. The van der Waals surface area contributed by atoms with E-state index in [1.54, 1.807) is 11.0 Å². The van der Waals surface area contributed by atoms with Gasteiger partial charge in [0.15, 0.2) is 5.82 Å². The summed E-state index contributed by atoms with van der Waals surface area (Å²) in [6, 6.07) is 17.4. The van der Waals surface area contributed by atoms with E-state index >= 15 is 0 Å². The van der Waals surface area contributed by atoms with Gasteiger partial charge in [-0.1, -0.05) is 69.1 Å². The van der Waals surface area contributed by atoms with Crippen molar-refractivity contribution in [3.05, 3.63) is 83.7 Å². The Morgan fingerprint density at radius 2 is 1.68 bits per heavy atom. The predicted molar refractivity (Wildman–Crippen MR) is 141 cm³/mol. The summed E-state index contributed by atoms with van der Waals surface area (Å²) in [4.78, 5) is 6.70. The number of tetrazole rings is 1. The second-order valence-corrected chi connectivity index (χ2v) is 11.0. The molecule has 37 heavy (non-hydrogen) atoms. The summed E-state index contributed by atoms with van der Waals surface area (Å²) in [5.74, 6) is 1.46. The Kier molecular flexibility index (Phi) is 7.53. The molecule has 2 aromatic carbocycles. The molecule has 9 nitrogen and oxygen atoms in total. The van der Waals surface area contributed by atoms with Gasteiger partial charge in [0.25, 0.3) is 0 Å². The van der Waals surface area contributed by atoms with Crippen LogP contribution in [0.5, 0.6) is 5.75 Å². The van der Waals surface area contributed by atoms with Gasteiger partial charge in [-0.15, -0.1) is 5.10 Å². The van der Waals surface area contributed by atoms with Crippen LogP contribution in [0.2, 0.25) is 5.02 Å². The molecule has 0 aliphatic carbocycles. The van der Waals surface area contributed by atoms with Gasteiger partial charge in [0.2, 0.25) is 6.23 Å². The molecule has 0 bridgehead atoms. The van der Waals surface area contributed by atoms with Crippen molar-refractivity contribution < 1.29 is 4.74 Å². The highest BCUT2D eigenvalue weighted by Gasteiger charge is 2.42. The quantitative estimate of drug-likeness (QED) is 0.309. The topological polar surface area (TPSA) is 86.8 Å². The second kappa shape index (κ2) is 11.0. The van der Waals surface area contributed by atoms with E-state index in [9.17, 15) is 0 Å². The highest BCUT2D eigenvalue weighted by molar-refractivity contribution is 6.30. The van der Waals surface area contributed by atoms with Crippen LogP contribution in [0.1, 0.15) is 69.7 Å². The SMILES string of the molecule is CC(C)(C)[C@H]([C@H](Oc1ccc(Cl)cc1)n1cncn1)n1nnnc1[C@@H](c1ccccc1)N1CCCCC1. The van der Waals surface area contributed by atoms with Gasteiger partial charge in [-0.3, -0.25) is 4.90 Å². The minimum Gasteiger partial charge on any atom is -0.466 e. The maximum Gasteiger partial charge on any atom is 0.215 e. The van der Waals surface area contributed by atoms with E-state index in [4.69, 9.17) is 16.3 Å². The zero-order chi connectivity index (χ0) is 25.8. The molecular formula is C27H33ClN8O. The number of rotatable bonds is 8. The number of halogens is 1. The number of hydrogen-bond donors (Lipinski definition) is 0. The largest absolute Gasteiger partial charge is 0.466 e. The molecule has 4 aromatic rings. The fourth-order valence-corrected chi connectivity index (χ4v) is 5.22. The summed E-state index contributed by atoms with van der Waals surface area (Å²) < 4.78 is 10.3. The molecular weight excluding hydrogens is 488 g/mol. The second-order valence-electron chi connectivity index (χ2n) is 10.5. The number of likely N-dealkylation sites (tertiary alicyclic amines) is 1. The van der Waals surface area contributed by atoms with Gasteiger partial charge in [-0.25, -0.2) is 14.3 Å². The van der Waals surface area contributed by atoms with Gasteiger partial charge in [-0.2, -0.15) is 5.10 Å². The van der Waals surface area contributed by atoms with Crippen LogP contribution in [-0.2, 0) is 0 Å². The first-order valence-corrected chi connectivity index (χ1v) is 13.1. The molecule has 0 N–H and O–H groups in total. The van der Waals surface area contributed by atoms with Crippen molar-refractivity contribution >= 4 is 11.6 Å². The maximum absolute atomic E-state index is 6.58. The van der Waals surface area contributed by atoms with E-state index in [1.165, 1.54) is 18.3 Å². The molecule has 0 amide bonds. The van der Waals surface area contributed by atoms with Crippen molar-refractivity contribution in [2.24, 2.45) is 5.41 Å². The number of benzene rings is 2. The summed E-state index contributed by atoms with van der Waals surface area (Å²) in [5.41, 5.74) is 0.861. The molecule has 10 heteroatoms. The summed E-state index contributed by atoms with van der Waals surface area (Å²) >= 11 is 6.13. The van der Waals surface area contributed by atoms with Crippen LogP contribution in [0.3, 0.4) is 0 Å². The summed E-state index contributed by atoms with van der Waals surface area (Å²) in [7, 11) is 0. The molecule has 2 aromatic heterocycles. The van der Waals surface area contributed by atoms with Crippen LogP contribution < -0.4 is 4.74 Å². The average molecular weight is 521 g/mol. The third-order valence-electron chi connectivity index (χ3n) is 6.82. The van der Waals surface area contributed by atoms with Crippen molar-refractivity contribution in [1.29, 1.82) is 0 Å². The maximum atomic E-state index is 6.58. The lowest BCUT2D eigenvalue weighted by Gasteiger charge is -2.39. The van der Waals surface area contributed by atoms with Crippen molar-refractivity contribution in [1.82, 2.24) is 39.9 Å². The Bertz CT molecular complexity index is 1250. The summed E-state index contributed by atoms with van der Waals surface area (Å²) in [6.07, 6.45) is 6.19. The fraction of sp³-hybridized carbons (Fsp3) is 0.444. The predicted octanol–water partition coefficient (Wildman–Crippen LogP) is 5.36. The highest BCUT2D eigenvalue weighted by atomic mass is 35.5. The minimum atomic E-state index is -0.566. The van der Waals surface area contributed by atoms with E-state index in [2.05, 4.69) is 75.5 Å². The number of piperidine rings is 1. The number of ether oxygens (including phenoxy) is 1. The molecule has 194 valence electrons. The Balaban J connectivity index is 1.61. The third-order valence-corrected chi connectivity index (χ3v) is 7.07. The van der Waals surface area contributed by atoms with Crippen molar-refractivity contribution in [3.63, 3.8) is 0 Å². The lowest BCUT2D eigenvalue weighted by molar-refractivity contribution is -0.00233. The number of aromatic nitrogens is 7. The Morgan fingerprint density at radius 3 is 2.32 bits per heavy atom. The van der Waals surface area contributed by atoms with Crippen LogP contribution >= 0.6 is 11.6 Å². The van der Waals surface area contributed by atoms with Gasteiger partial charge < -0.3 is 4.74 Å². The molecule has 0 saturated carbocycles. The molecule has 0 unspecified atom stereocenters. The molecule has 3 atom stereocenters. The Morgan fingerprint density at radius 1 is 0.946 bits per heavy atom. The first kappa shape index (κ1) is 25.4. The zero-order valence-corrected chi connectivity index (χ0v) is 22.2. The molecule has 1 fully saturated rings. The van der Waals surface area contributed by atoms with E-state index in [0.29, 0.717) is 10.8 Å². The number of hydrogen-bond acceptors (Lipinski definition) is 7. The Labute approximate surface area is 222 Å². The van der Waals surface area contributed by atoms with Crippen molar-refractivity contribution in [3.8, 4) is 5.75 Å². The molecule has 3 heterocycles. The summed E-state index contributed by atoms with van der Waals surface area (Å²) in [5, 5.41) is 18.5. The van der Waals surface area contributed by atoms with Gasteiger partial charge >= 0.3 is 0 Å². The van der Waals surface area contributed by atoms with Crippen LogP contribution in [0, 0.1) is 5.41 Å². The van der Waals surface area contributed by atoms with Gasteiger partial charge in [0.05, 0.1) is 6.04 Å². The smallest absolute Gasteiger partial charge is 0.215 e. The molecule has 0 radical (unpaired) electrons. The normalized spacial score (nSPS) is 17.3. The average Bonchev–Trinajstić information content (AvgIpc) is 3.59. The van der Waals surface area contributed by atoms with Crippen LogP contribution in [0.25, 0.3) is 0 Å². The van der Waals surface area contributed by atoms with E-state index in [-0.39, 0.29) is 17.5 Å². The third kappa shape index (κ3) is 5.67. The molecule has 1 saturated heterocycles. The highest BCUT2D eigenvalue weighted by Crippen LogP contribution is 2.42. The molecule has 1 aliphatic heterocycles. The molecule has 0 spiro atoms. The first-order valence-electron chi connectivity index (χ1n) is 12.7. The van der Waals surface area contributed by atoms with Crippen molar-refractivity contribution in [2.45, 2.75) is 58.3 Å². The minimum absolute atomic E-state index is 0.0757. The van der Waals surface area contributed by atoms with E-state index in [1.807, 2.05) is 35.0 Å². The lowest BCUT2D eigenvalue weighted by Crippen LogP contribution is -2.41.